The molecule has 9 heteroatoms. The number of halogens is 1. The topological polar surface area (TPSA) is 80.3 Å². The molecule has 0 aromatic heterocycles. The second kappa shape index (κ2) is 11.0. The Morgan fingerprint density at radius 3 is 2.15 bits per heavy atom. The molecule has 0 unspecified atom stereocenters. The Morgan fingerprint density at radius 2 is 1.61 bits per heavy atom. The molecule has 1 aliphatic rings. The number of piperazine rings is 1. The van der Waals surface area contributed by atoms with Crippen molar-refractivity contribution in [1.29, 1.82) is 0 Å². The van der Waals surface area contributed by atoms with Crippen molar-refractivity contribution < 1.29 is 28.2 Å². The fourth-order valence-corrected chi connectivity index (χ4v) is 3.72. The Balaban J connectivity index is 1.49. The van der Waals surface area contributed by atoms with E-state index in [4.69, 9.17) is 14.2 Å². The number of hydrogen-bond acceptors (Lipinski definition) is 6. The summed E-state index contributed by atoms with van der Waals surface area (Å²) in [6.07, 6.45) is 0.299. The van der Waals surface area contributed by atoms with Crippen LogP contribution in [-0.4, -0.2) is 75.7 Å². The summed E-state index contributed by atoms with van der Waals surface area (Å²) in [5.74, 6) is 0.686. The minimum Gasteiger partial charge on any atom is -0.493 e. The number of carbonyl (C=O) groups is 2. The van der Waals surface area contributed by atoms with Crippen molar-refractivity contribution in [2.75, 3.05) is 59.4 Å². The maximum atomic E-state index is 13.8. The first-order valence-corrected chi connectivity index (χ1v) is 10.7. The zero-order valence-corrected chi connectivity index (χ0v) is 19.4. The highest BCUT2D eigenvalue weighted by molar-refractivity contribution is 5.94. The van der Waals surface area contributed by atoms with Crippen LogP contribution in [0, 0.1) is 12.7 Å². The van der Waals surface area contributed by atoms with E-state index in [0.29, 0.717) is 73.2 Å². The monoisotopic (exact) mass is 459 g/mol. The van der Waals surface area contributed by atoms with Crippen molar-refractivity contribution in [1.82, 2.24) is 9.80 Å². The molecule has 0 saturated carbocycles. The van der Waals surface area contributed by atoms with Crippen molar-refractivity contribution in [3.8, 4) is 17.2 Å². The minimum atomic E-state index is -0.377. The lowest BCUT2D eigenvalue weighted by Gasteiger charge is -2.34. The van der Waals surface area contributed by atoms with Crippen LogP contribution in [0.2, 0.25) is 0 Å². The van der Waals surface area contributed by atoms with Gasteiger partial charge in [0, 0.05) is 62.5 Å². The van der Waals surface area contributed by atoms with E-state index < -0.39 is 0 Å². The number of nitrogens with one attached hydrogen (secondary N) is 1. The third kappa shape index (κ3) is 5.92. The Bertz CT molecular complexity index is 981. The molecule has 1 N–H and O–H groups in total. The van der Waals surface area contributed by atoms with Gasteiger partial charge in [0.25, 0.3) is 5.91 Å². The fourth-order valence-electron chi connectivity index (χ4n) is 3.72. The molecule has 2 aromatic rings. The van der Waals surface area contributed by atoms with Crippen molar-refractivity contribution in [3.63, 3.8) is 0 Å². The predicted molar refractivity (Wildman–Crippen MR) is 123 cm³/mol. The summed E-state index contributed by atoms with van der Waals surface area (Å²) in [5, 5.41) is 2.86. The Hall–Kier alpha value is -3.33. The number of methoxy groups -OCH3 is 3. The zero-order valence-electron chi connectivity index (χ0n) is 19.4. The third-order valence-electron chi connectivity index (χ3n) is 5.68. The van der Waals surface area contributed by atoms with Crippen molar-refractivity contribution in [2.24, 2.45) is 0 Å². The lowest BCUT2D eigenvalue weighted by molar-refractivity contribution is -0.116. The van der Waals surface area contributed by atoms with E-state index in [0.717, 1.165) is 0 Å². The lowest BCUT2D eigenvalue weighted by atomic mass is 10.1. The highest BCUT2D eigenvalue weighted by atomic mass is 19.1. The van der Waals surface area contributed by atoms with Crippen LogP contribution < -0.4 is 19.5 Å². The molecule has 0 atom stereocenters. The third-order valence-corrected chi connectivity index (χ3v) is 5.68. The molecule has 8 nitrogen and oxygen atoms in total. The molecule has 1 fully saturated rings. The van der Waals surface area contributed by atoms with E-state index in [-0.39, 0.29) is 17.6 Å². The SMILES string of the molecule is COc1cc(NC(=O)CCN2CCN(C(=O)c3ccc(C)c(F)c3)CC2)cc(OC)c1OC. The van der Waals surface area contributed by atoms with Gasteiger partial charge in [-0.05, 0) is 24.6 Å². The number of carbonyl (C=O) groups excluding carboxylic acids is 2. The van der Waals surface area contributed by atoms with E-state index in [1.54, 1.807) is 36.1 Å². The average Bonchev–Trinajstić information content (AvgIpc) is 2.83. The van der Waals surface area contributed by atoms with Crippen LogP contribution in [0.1, 0.15) is 22.3 Å². The Kier molecular flexibility index (Phi) is 8.11. The lowest BCUT2D eigenvalue weighted by Crippen LogP contribution is -2.49. The van der Waals surface area contributed by atoms with Crippen LogP contribution in [0.3, 0.4) is 0 Å². The van der Waals surface area contributed by atoms with E-state index >= 15 is 0 Å². The number of hydrogen-bond donors (Lipinski definition) is 1. The zero-order chi connectivity index (χ0) is 24.0. The summed E-state index contributed by atoms with van der Waals surface area (Å²) < 4.78 is 29.7. The smallest absolute Gasteiger partial charge is 0.254 e. The summed E-state index contributed by atoms with van der Waals surface area (Å²) in [4.78, 5) is 29.0. The van der Waals surface area contributed by atoms with Crippen LogP contribution >= 0.6 is 0 Å². The number of benzene rings is 2. The molecular formula is C24H30FN3O5. The highest BCUT2D eigenvalue weighted by Gasteiger charge is 2.23. The van der Waals surface area contributed by atoms with Gasteiger partial charge in [-0.3, -0.25) is 14.5 Å². The maximum Gasteiger partial charge on any atom is 0.254 e. The molecule has 2 amide bonds. The van der Waals surface area contributed by atoms with Gasteiger partial charge in [-0.25, -0.2) is 4.39 Å². The van der Waals surface area contributed by atoms with Gasteiger partial charge in [-0.2, -0.15) is 0 Å². The first-order chi connectivity index (χ1) is 15.9. The van der Waals surface area contributed by atoms with Gasteiger partial charge < -0.3 is 24.4 Å². The van der Waals surface area contributed by atoms with Gasteiger partial charge in [0.15, 0.2) is 11.5 Å². The number of amides is 2. The molecule has 1 heterocycles. The van der Waals surface area contributed by atoms with Crippen LogP contribution in [0.15, 0.2) is 30.3 Å². The predicted octanol–water partition coefficient (Wildman–Crippen LogP) is 2.95. The largest absolute Gasteiger partial charge is 0.493 e. The van der Waals surface area contributed by atoms with Gasteiger partial charge in [0.1, 0.15) is 5.82 Å². The van der Waals surface area contributed by atoms with Crippen molar-refractivity contribution >= 4 is 17.5 Å². The number of rotatable bonds is 8. The molecule has 2 aromatic carbocycles. The van der Waals surface area contributed by atoms with Crippen LogP contribution in [0.4, 0.5) is 10.1 Å². The first-order valence-electron chi connectivity index (χ1n) is 10.7. The van der Waals surface area contributed by atoms with Crippen LogP contribution in [-0.2, 0) is 4.79 Å². The molecule has 33 heavy (non-hydrogen) atoms. The minimum absolute atomic E-state index is 0.141. The van der Waals surface area contributed by atoms with Crippen molar-refractivity contribution in [2.45, 2.75) is 13.3 Å². The van der Waals surface area contributed by atoms with Gasteiger partial charge in [0.05, 0.1) is 21.3 Å². The molecule has 178 valence electrons. The van der Waals surface area contributed by atoms with E-state index in [1.807, 2.05) is 0 Å². The number of nitrogens with zero attached hydrogens (tertiary/aromatic N) is 2. The molecule has 1 aliphatic heterocycles. The second-order valence-corrected chi connectivity index (χ2v) is 7.81. The number of anilines is 1. The Labute approximate surface area is 193 Å². The number of aryl methyl sites for hydroxylation is 1. The standard InChI is InChI=1S/C24H30FN3O5/c1-16-5-6-17(13-19(16)25)24(30)28-11-9-27(10-12-28)8-7-22(29)26-18-14-20(31-2)23(33-4)21(15-18)32-3/h5-6,13-15H,7-12H2,1-4H3,(H,26,29). The molecule has 0 spiro atoms. The van der Waals surface area contributed by atoms with Crippen LogP contribution in [0.25, 0.3) is 0 Å². The molecule has 0 bridgehead atoms. The first kappa shape index (κ1) is 24.3. The van der Waals surface area contributed by atoms with Crippen LogP contribution in [0.5, 0.6) is 17.2 Å². The number of ether oxygens (including phenoxy) is 3. The normalized spacial score (nSPS) is 14.0. The molecule has 0 radical (unpaired) electrons. The van der Waals surface area contributed by atoms with Gasteiger partial charge in [0.2, 0.25) is 11.7 Å². The summed E-state index contributed by atoms with van der Waals surface area (Å²) in [7, 11) is 4.55. The molecule has 0 aliphatic carbocycles. The average molecular weight is 460 g/mol. The fraction of sp³-hybridized carbons (Fsp3) is 0.417. The summed E-state index contributed by atoms with van der Waals surface area (Å²) in [6.45, 7) is 4.60. The summed E-state index contributed by atoms with van der Waals surface area (Å²) in [5.41, 5.74) is 1.42. The summed E-state index contributed by atoms with van der Waals surface area (Å²) >= 11 is 0. The molecular weight excluding hydrogens is 429 g/mol. The van der Waals surface area contributed by atoms with Gasteiger partial charge >= 0.3 is 0 Å². The van der Waals surface area contributed by atoms with E-state index in [9.17, 15) is 14.0 Å². The van der Waals surface area contributed by atoms with E-state index in [1.165, 1.54) is 27.4 Å². The van der Waals surface area contributed by atoms with Gasteiger partial charge in [-0.1, -0.05) is 6.07 Å². The summed E-state index contributed by atoms with van der Waals surface area (Å²) in [6, 6.07) is 7.92. The second-order valence-electron chi connectivity index (χ2n) is 7.81. The highest BCUT2D eigenvalue weighted by Crippen LogP contribution is 2.39. The van der Waals surface area contributed by atoms with E-state index in [2.05, 4.69) is 10.2 Å². The quantitative estimate of drug-likeness (QED) is 0.654. The Morgan fingerprint density at radius 1 is 0.970 bits per heavy atom. The molecule has 1 saturated heterocycles. The maximum absolute atomic E-state index is 13.8. The van der Waals surface area contributed by atoms with Crippen molar-refractivity contribution in [3.05, 3.63) is 47.3 Å². The van der Waals surface area contributed by atoms with Gasteiger partial charge in [-0.15, -0.1) is 0 Å². The molecule has 3 rings (SSSR count).